The number of piperazine rings is 1. The van der Waals surface area contributed by atoms with E-state index in [1.165, 1.54) is 16.6 Å². The Balaban J connectivity index is 1.58. The number of aromatic nitrogens is 1. The second-order valence-corrected chi connectivity index (χ2v) is 10.3. The van der Waals surface area contributed by atoms with E-state index in [1.54, 1.807) is 25.1 Å². The first kappa shape index (κ1) is 20.5. The number of thiophene rings is 1. The fourth-order valence-corrected chi connectivity index (χ4v) is 5.91. The number of hydrogen-bond acceptors (Lipinski definition) is 6. The van der Waals surface area contributed by atoms with Crippen molar-refractivity contribution >= 4 is 56.3 Å². The SMILES string of the molecule is CC(C(=O)Nc1ccc(Cl)cn1)N1CCN(S(=O)(=O)c2ccc(Cl)s2)CC1. The number of rotatable bonds is 5. The zero-order valence-electron chi connectivity index (χ0n) is 14.4. The Bertz CT molecular complexity index is 910. The lowest BCUT2D eigenvalue weighted by Gasteiger charge is -2.36. The van der Waals surface area contributed by atoms with Crippen LogP contribution in [0.4, 0.5) is 5.82 Å². The first-order chi connectivity index (χ1) is 12.8. The van der Waals surface area contributed by atoms with E-state index in [-0.39, 0.29) is 10.1 Å². The number of nitrogens with one attached hydrogen (secondary N) is 1. The number of sulfonamides is 1. The molecule has 7 nitrogen and oxygen atoms in total. The first-order valence-electron chi connectivity index (χ1n) is 8.19. The van der Waals surface area contributed by atoms with E-state index >= 15 is 0 Å². The van der Waals surface area contributed by atoms with Crippen LogP contribution in [0.5, 0.6) is 0 Å². The molecule has 27 heavy (non-hydrogen) atoms. The molecule has 1 atom stereocenters. The molecule has 1 unspecified atom stereocenters. The van der Waals surface area contributed by atoms with Gasteiger partial charge in [0.1, 0.15) is 10.0 Å². The topological polar surface area (TPSA) is 82.6 Å². The van der Waals surface area contributed by atoms with Gasteiger partial charge in [0, 0.05) is 32.4 Å². The molecule has 1 aliphatic rings. The van der Waals surface area contributed by atoms with Crippen molar-refractivity contribution in [2.75, 3.05) is 31.5 Å². The maximum Gasteiger partial charge on any atom is 0.252 e. The van der Waals surface area contributed by atoms with Gasteiger partial charge in [0.25, 0.3) is 10.0 Å². The van der Waals surface area contributed by atoms with Crippen LogP contribution in [0.2, 0.25) is 9.36 Å². The summed E-state index contributed by atoms with van der Waals surface area (Å²) in [6, 6.07) is 5.96. The normalized spacial score (nSPS) is 17.6. The van der Waals surface area contributed by atoms with E-state index < -0.39 is 16.1 Å². The van der Waals surface area contributed by atoms with Gasteiger partial charge in [-0.2, -0.15) is 4.31 Å². The number of hydrogen-bond donors (Lipinski definition) is 1. The number of halogens is 2. The number of carbonyl (C=O) groups excluding carboxylic acids is 1. The van der Waals surface area contributed by atoms with Gasteiger partial charge in [-0.05, 0) is 31.2 Å². The molecule has 0 radical (unpaired) electrons. The summed E-state index contributed by atoms with van der Waals surface area (Å²) in [5, 5.41) is 3.23. The number of anilines is 1. The van der Waals surface area contributed by atoms with Crippen LogP contribution < -0.4 is 5.32 Å². The summed E-state index contributed by atoms with van der Waals surface area (Å²) in [4.78, 5) is 18.4. The minimum absolute atomic E-state index is 0.203. The molecule has 0 aliphatic carbocycles. The molecule has 146 valence electrons. The Morgan fingerprint density at radius 3 is 2.44 bits per heavy atom. The zero-order valence-corrected chi connectivity index (χ0v) is 17.6. The highest BCUT2D eigenvalue weighted by molar-refractivity contribution is 7.91. The minimum Gasteiger partial charge on any atom is -0.309 e. The molecule has 3 heterocycles. The van der Waals surface area contributed by atoms with Crippen molar-refractivity contribution in [2.45, 2.75) is 17.2 Å². The maximum absolute atomic E-state index is 12.6. The number of pyridine rings is 1. The van der Waals surface area contributed by atoms with Crippen LogP contribution >= 0.6 is 34.5 Å². The molecule has 11 heteroatoms. The van der Waals surface area contributed by atoms with Gasteiger partial charge in [0.2, 0.25) is 5.91 Å². The van der Waals surface area contributed by atoms with Gasteiger partial charge in [-0.1, -0.05) is 23.2 Å². The molecule has 0 aromatic carbocycles. The standard InChI is InChI=1S/C16H18Cl2N4O3S2/c1-11(16(23)20-14-4-2-12(17)10-19-14)21-6-8-22(9-7-21)27(24,25)15-5-3-13(18)26-15/h2-5,10-11H,6-9H2,1H3,(H,19,20,23). The smallest absolute Gasteiger partial charge is 0.252 e. The number of amides is 1. The van der Waals surface area contributed by atoms with Gasteiger partial charge < -0.3 is 5.32 Å². The van der Waals surface area contributed by atoms with Crippen molar-refractivity contribution in [3.63, 3.8) is 0 Å². The van der Waals surface area contributed by atoms with Crippen molar-refractivity contribution in [3.8, 4) is 0 Å². The van der Waals surface area contributed by atoms with Crippen LogP contribution in [0.15, 0.2) is 34.7 Å². The second kappa shape index (κ2) is 8.42. The Hall–Kier alpha value is -1.23. The summed E-state index contributed by atoms with van der Waals surface area (Å²) in [5.41, 5.74) is 0. The molecule has 2 aromatic rings. The summed E-state index contributed by atoms with van der Waals surface area (Å²) in [5.74, 6) is 0.221. The fourth-order valence-electron chi connectivity index (χ4n) is 2.74. The Morgan fingerprint density at radius 1 is 1.19 bits per heavy atom. The van der Waals surface area contributed by atoms with Crippen LogP contribution in [0, 0.1) is 0 Å². The van der Waals surface area contributed by atoms with Crippen molar-refractivity contribution in [2.24, 2.45) is 0 Å². The average Bonchev–Trinajstić information content (AvgIpc) is 3.10. The molecule has 2 aromatic heterocycles. The molecule has 1 fully saturated rings. The lowest BCUT2D eigenvalue weighted by atomic mass is 10.2. The van der Waals surface area contributed by atoms with Crippen LogP contribution in [-0.2, 0) is 14.8 Å². The third kappa shape index (κ3) is 4.79. The van der Waals surface area contributed by atoms with E-state index in [2.05, 4.69) is 10.3 Å². The van der Waals surface area contributed by atoms with Gasteiger partial charge >= 0.3 is 0 Å². The van der Waals surface area contributed by atoms with Crippen LogP contribution in [0.25, 0.3) is 0 Å². The number of carbonyl (C=O) groups is 1. The van der Waals surface area contributed by atoms with E-state index in [9.17, 15) is 13.2 Å². The van der Waals surface area contributed by atoms with Gasteiger partial charge in [-0.15, -0.1) is 11.3 Å². The van der Waals surface area contributed by atoms with Crippen LogP contribution in [0.3, 0.4) is 0 Å². The molecule has 1 saturated heterocycles. The molecule has 0 bridgehead atoms. The lowest BCUT2D eigenvalue weighted by molar-refractivity contribution is -0.121. The quantitative estimate of drug-likeness (QED) is 0.759. The van der Waals surface area contributed by atoms with E-state index in [0.717, 1.165) is 11.3 Å². The zero-order chi connectivity index (χ0) is 19.6. The van der Waals surface area contributed by atoms with Gasteiger partial charge in [-0.3, -0.25) is 9.69 Å². The predicted molar refractivity (Wildman–Crippen MR) is 107 cm³/mol. The fraction of sp³-hybridized carbons (Fsp3) is 0.375. The second-order valence-electron chi connectivity index (χ2n) is 6.03. The third-order valence-corrected chi connectivity index (χ3v) is 8.14. The van der Waals surface area contributed by atoms with Crippen LogP contribution in [-0.4, -0.2) is 60.7 Å². The molecule has 1 amide bonds. The van der Waals surface area contributed by atoms with Crippen molar-refractivity contribution in [1.82, 2.24) is 14.2 Å². The van der Waals surface area contributed by atoms with E-state index in [4.69, 9.17) is 23.2 Å². The monoisotopic (exact) mass is 448 g/mol. The number of nitrogens with zero attached hydrogens (tertiary/aromatic N) is 3. The van der Waals surface area contributed by atoms with Crippen molar-refractivity contribution in [1.29, 1.82) is 0 Å². The Kier molecular flexibility index (Phi) is 6.39. The summed E-state index contributed by atoms with van der Waals surface area (Å²) in [6.45, 7) is 3.33. The van der Waals surface area contributed by atoms with E-state index in [0.29, 0.717) is 41.4 Å². The van der Waals surface area contributed by atoms with E-state index in [1.807, 2.05) is 4.90 Å². The molecule has 1 aliphatic heterocycles. The van der Waals surface area contributed by atoms with Crippen molar-refractivity contribution < 1.29 is 13.2 Å². The predicted octanol–water partition coefficient (Wildman–Crippen LogP) is 2.78. The molecule has 3 rings (SSSR count). The van der Waals surface area contributed by atoms with Gasteiger partial charge in [-0.25, -0.2) is 13.4 Å². The first-order valence-corrected chi connectivity index (χ1v) is 11.2. The summed E-state index contributed by atoms with van der Waals surface area (Å²) in [7, 11) is -3.55. The Morgan fingerprint density at radius 2 is 1.89 bits per heavy atom. The highest BCUT2D eigenvalue weighted by Gasteiger charge is 2.32. The van der Waals surface area contributed by atoms with Crippen molar-refractivity contribution in [3.05, 3.63) is 39.8 Å². The minimum atomic E-state index is -3.55. The summed E-state index contributed by atoms with van der Waals surface area (Å²) < 4.78 is 27.4. The largest absolute Gasteiger partial charge is 0.309 e. The Labute approximate surface area is 171 Å². The summed E-state index contributed by atoms with van der Waals surface area (Å²) in [6.07, 6.45) is 1.46. The van der Waals surface area contributed by atoms with Gasteiger partial charge in [0.15, 0.2) is 0 Å². The molecular formula is C16H18Cl2N4O3S2. The van der Waals surface area contributed by atoms with Gasteiger partial charge in [0.05, 0.1) is 15.4 Å². The van der Waals surface area contributed by atoms with Crippen LogP contribution in [0.1, 0.15) is 6.92 Å². The maximum atomic E-state index is 12.6. The third-order valence-electron chi connectivity index (χ3n) is 4.32. The average molecular weight is 449 g/mol. The highest BCUT2D eigenvalue weighted by Crippen LogP contribution is 2.28. The molecular weight excluding hydrogens is 431 g/mol. The highest BCUT2D eigenvalue weighted by atomic mass is 35.5. The molecule has 0 saturated carbocycles. The lowest BCUT2D eigenvalue weighted by Crippen LogP contribution is -2.53. The molecule has 0 spiro atoms. The molecule has 1 N–H and O–H groups in total. The summed E-state index contributed by atoms with van der Waals surface area (Å²) >= 11 is 12.7.